The number of nitrogens with zero attached hydrogens (tertiary/aromatic N) is 1. The largest absolute Gasteiger partial charge is 0.375 e. The summed E-state index contributed by atoms with van der Waals surface area (Å²) in [4.78, 5) is 2.57. The standard InChI is InChI=1S/C12H23N/c1-4-12-7-5-6-9-13(12)10-8-11(2)3/h7,11H,4-6,8-10H2,1-3H3. The van der Waals surface area contributed by atoms with Gasteiger partial charge in [-0.05, 0) is 31.6 Å². The Balaban J connectivity index is 2.38. The van der Waals surface area contributed by atoms with Crippen LogP contribution >= 0.6 is 0 Å². The van der Waals surface area contributed by atoms with Crippen LogP contribution in [-0.2, 0) is 0 Å². The zero-order chi connectivity index (χ0) is 9.68. The lowest BCUT2D eigenvalue weighted by atomic mass is 10.1. The minimum atomic E-state index is 0.833. The first-order valence-electron chi connectivity index (χ1n) is 5.68. The lowest BCUT2D eigenvalue weighted by molar-refractivity contribution is 0.294. The van der Waals surface area contributed by atoms with Crippen LogP contribution in [0.5, 0.6) is 0 Å². The Bertz CT molecular complexity index is 170. The normalized spacial score (nSPS) is 17.8. The van der Waals surface area contributed by atoms with Crippen molar-refractivity contribution in [2.24, 2.45) is 5.92 Å². The van der Waals surface area contributed by atoms with Crippen molar-refractivity contribution in [3.8, 4) is 0 Å². The van der Waals surface area contributed by atoms with E-state index in [0.717, 1.165) is 5.92 Å². The maximum atomic E-state index is 2.57. The van der Waals surface area contributed by atoms with Gasteiger partial charge in [0.15, 0.2) is 0 Å². The average molecular weight is 181 g/mol. The molecule has 0 aromatic heterocycles. The molecule has 0 amide bonds. The molecule has 0 saturated heterocycles. The first-order valence-corrected chi connectivity index (χ1v) is 5.68. The van der Waals surface area contributed by atoms with Gasteiger partial charge in [0.2, 0.25) is 0 Å². The molecule has 0 spiro atoms. The van der Waals surface area contributed by atoms with Crippen LogP contribution in [0.4, 0.5) is 0 Å². The number of hydrogen-bond donors (Lipinski definition) is 0. The van der Waals surface area contributed by atoms with Gasteiger partial charge < -0.3 is 4.90 Å². The lowest BCUT2D eigenvalue weighted by Gasteiger charge is -2.30. The van der Waals surface area contributed by atoms with Crippen LogP contribution in [0.15, 0.2) is 11.8 Å². The summed E-state index contributed by atoms with van der Waals surface area (Å²) in [5, 5.41) is 0. The SMILES string of the molecule is CCC1=CCCCN1CCC(C)C. The van der Waals surface area contributed by atoms with E-state index in [0.29, 0.717) is 0 Å². The highest BCUT2D eigenvalue weighted by Gasteiger charge is 2.11. The molecule has 0 radical (unpaired) electrons. The summed E-state index contributed by atoms with van der Waals surface area (Å²) >= 11 is 0. The van der Waals surface area contributed by atoms with Crippen LogP contribution in [0.3, 0.4) is 0 Å². The third-order valence-electron chi connectivity index (χ3n) is 2.76. The topological polar surface area (TPSA) is 3.24 Å². The van der Waals surface area contributed by atoms with Crippen molar-refractivity contribution in [3.63, 3.8) is 0 Å². The molecule has 1 heteroatoms. The van der Waals surface area contributed by atoms with E-state index in [2.05, 4.69) is 31.7 Å². The Kier molecular flexibility index (Phi) is 4.34. The fourth-order valence-electron chi connectivity index (χ4n) is 1.86. The van der Waals surface area contributed by atoms with E-state index in [4.69, 9.17) is 0 Å². The molecule has 1 aliphatic heterocycles. The van der Waals surface area contributed by atoms with Crippen LogP contribution in [0.1, 0.15) is 46.5 Å². The van der Waals surface area contributed by atoms with E-state index >= 15 is 0 Å². The van der Waals surface area contributed by atoms with Gasteiger partial charge in [-0.1, -0.05) is 26.8 Å². The summed E-state index contributed by atoms with van der Waals surface area (Å²) in [5.41, 5.74) is 1.58. The van der Waals surface area contributed by atoms with Gasteiger partial charge in [0.05, 0.1) is 0 Å². The Morgan fingerprint density at radius 3 is 2.85 bits per heavy atom. The fraction of sp³-hybridized carbons (Fsp3) is 0.833. The molecule has 0 atom stereocenters. The highest BCUT2D eigenvalue weighted by molar-refractivity contribution is 5.03. The van der Waals surface area contributed by atoms with Gasteiger partial charge in [0, 0.05) is 18.8 Å². The summed E-state index contributed by atoms with van der Waals surface area (Å²) in [7, 11) is 0. The summed E-state index contributed by atoms with van der Waals surface area (Å²) in [5.74, 6) is 0.833. The zero-order valence-electron chi connectivity index (χ0n) is 9.34. The van der Waals surface area contributed by atoms with Crippen molar-refractivity contribution < 1.29 is 0 Å². The van der Waals surface area contributed by atoms with Gasteiger partial charge in [-0.3, -0.25) is 0 Å². The second-order valence-electron chi connectivity index (χ2n) is 4.36. The first-order chi connectivity index (χ1) is 6.24. The zero-order valence-corrected chi connectivity index (χ0v) is 9.34. The van der Waals surface area contributed by atoms with Crippen LogP contribution in [0.25, 0.3) is 0 Å². The molecule has 0 saturated carbocycles. The monoisotopic (exact) mass is 181 g/mol. The van der Waals surface area contributed by atoms with Crippen molar-refractivity contribution >= 4 is 0 Å². The van der Waals surface area contributed by atoms with Crippen molar-refractivity contribution in [1.82, 2.24) is 4.90 Å². The smallest absolute Gasteiger partial charge is 0.0177 e. The van der Waals surface area contributed by atoms with Crippen LogP contribution < -0.4 is 0 Å². The lowest BCUT2D eigenvalue weighted by Crippen LogP contribution is -2.28. The quantitative estimate of drug-likeness (QED) is 0.642. The molecule has 0 N–H and O–H groups in total. The minimum Gasteiger partial charge on any atom is -0.375 e. The van der Waals surface area contributed by atoms with Gasteiger partial charge in [0.25, 0.3) is 0 Å². The number of rotatable bonds is 4. The Morgan fingerprint density at radius 1 is 1.46 bits per heavy atom. The van der Waals surface area contributed by atoms with E-state index < -0.39 is 0 Å². The maximum absolute atomic E-state index is 2.57. The number of allylic oxidation sites excluding steroid dienone is 2. The van der Waals surface area contributed by atoms with Crippen LogP contribution in [0.2, 0.25) is 0 Å². The fourth-order valence-corrected chi connectivity index (χ4v) is 1.86. The molecule has 1 heterocycles. The number of hydrogen-bond acceptors (Lipinski definition) is 1. The van der Waals surface area contributed by atoms with Gasteiger partial charge >= 0.3 is 0 Å². The van der Waals surface area contributed by atoms with E-state index in [1.165, 1.54) is 38.8 Å². The Hall–Kier alpha value is -0.460. The third-order valence-corrected chi connectivity index (χ3v) is 2.76. The predicted molar refractivity (Wildman–Crippen MR) is 58.6 cm³/mol. The molecule has 13 heavy (non-hydrogen) atoms. The van der Waals surface area contributed by atoms with Gasteiger partial charge in [0.1, 0.15) is 0 Å². The molecular formula is C12H23N. The van der Waals surface area contributed by atoms with Crippen molar-refractivity contribution in [2.75, 3.05) is 13.1 Å². The van der Waals surface area contributed by atoms with Crippen LogP contribution in [0, 0.1) is 5.92 Å². The summed E-state index contributed by atoms with van der Waals surface area (Å²) in [6.07, 6.45) is 7.60. The molecule has 0 fully saturated rings. The van der Waals surface area contributed by atoms with E-state index in [-0.39, 0.29) is 0 Å². The molecule has 0 unspecified atom stereocenters. The second-order valence-corrected chi connectivity index (χ2v) is 4.36. The molecule has 76 valence electrons. The summed E-state index contributed by atoms with van der Waals surface area (Å²) in [6, 6.07) is 0. The molecule has 0 aliphatic carbocycles. The Labute approximate surface area is 82.8 Å². The second kappa shape index (κ2) is 5.31. The van der Waals surface area contributed by atoms with Crippen molar-refractivity contribution in [1.29, 1.82) is 0 Å². The predicted octanol–water partition coefficient (Wildman–Crippen LogP) is 3.42. The summed E-state index contributed by atoms with van der Waals surface area (Å²) < 4.78 is 0. The molecule has 0 aromatic carbocycles. The highest BCUT2D eigenvalue weighted by atomic mass is 15.1. The molecular weight excluding hydrogens is 158 g/mol. The van der Waals surface area contributed by atoms with Crippen molar-refractivity contribution in [2.45, 2.75) is 46.5 Å². The maximum Gasteiger partial charge on any atom is 0.0177 e. The van der Waals surface area contributed by atoms with Gasteiger partial charge in [-0.25, -0.2) is 0 Å². The molecule has 0 bridgehead atoms. The van der Waals surface area contributed by atoms with E-state index in [1.807, 2.05) is 0 Å². The molecule has 0 aromatic rings. The Morgan fingerprint density at radius 2 is 2.23 bits per heavy atom. The first kappa shape index (κ1) is 10.6. The van der Waals surface area contributed by atoms with Gasteiger partial charge in [-0.15, -0.1) is 0 Å². The van der Waals surface area contributed by atoms with Gasteiger partial charge in [-0.2, -0.15) is 0 Å². The van der Waals surface area contributed by atoms with E-state index in [1.54, 1.807) is 5.70 Å². The molecule has 1 rings (SSSR count). The summed E-state index contributed by atoms with van der Waals surface area (Å²) in [6.45, 7) is 9.42. The average Bonchev–Trinajstić information content (AvgIpc) is 2.15. The van der Waals surface area contributed by atoms with Crippen LogP contribution in [-0.4, -0.2) is 18.0 Å². The van der Waals surface area contributed by atoms with E-state index in [9.17, 15) is 0 Å². The minimum absolute atomic E-state index is 0.833. The third kappa shape index (κ3) is 3.41. The molecule has 1 nitrogen and oxygen atoms in total. The highest BCUT2D eigenvalue weighted by Crippen LogP contribution is 2.18. The molecule has 1 aliphatic rings. The van der Waals surface area contributed by atoms with Crippen molar-refractivity contribution in [3.05, 3.63) is 11.8 Å².